The van der Waals surface area contributed by atoms with E-state index in [1.54, 1.807) is 0 Å². The highest BCUT2D eigenvalue weighted by Crippen LogP contribution is 2.30. The molecule has 2 rings (SSSR count). The topological polar surface area (TPSA) is 51.0 Å². The van der Waals surface area contributed by atoms with Gasteiger partial charge in [-0.25, -0.2) is 0 Å². The zero-order valence-electron chi connectivity index (χ0n) is 12.2. The molecule has 1 heterocycles. The predicted octanol–water partition coefficient (Wildman–Crippen LogP) is 3.18. The van der Waals surface area contributed by atoms with Gasteiger partial charge in [-0.1, -0.05) is 18.0 Å². The highest BCUT2D eigenvalue weighted by Gasteiger charge is 2.17. The molecule has 1 aliphatic rings. The molecule has 0 spiro atoms. The first-order valence-electron chi connectivity index (χ1n) is 7.21. The molecule has 0 unspecified atom stereocenters. The van der Waals surface area contributed by atoms with E-state index in [0.717, 1.165) is 35.7 Å². The summed E-state index contributed by atoms with van der Waals surface area (Å²) < 4.78 is 5.28. The molecule has 0 radical (unpaired) electrons. The molecule has 0 bridgehead atoms. The van der Waals surface area contributed by atoms with Crippen LogP contribution in [0, 0.1) is 0 Å². The van der Waals surface area contributed by atoms with Gasteiger partial charge in [0.1, 0.15) is 0 Å². The lowest BCUT2D eigenvalue weighted by molar-refractivity contribution is 0.359. The van der Waals surface area contributed by atoms with Gasteiger partial charge in [0, 0.05) is 23.8 Å². The second-order valence-electron chi connectivity index (χ2n) is 6.25. The van der Waals surface area contributed by atoms with Crippen molar-refractivity contribution >= 4 is 11.8 Å². The average molecular weight is 283 g/mol. The van der Waals surface area contributed by atoms with E-state index in [9.17, 15) is 0 Å². The van der Waals surface area contributed by atoms with Crippen LogP contribution in [0.15, 0.2) is 4.52 Å². The third kappa shape index (κ3) is 5.53. The largest absolute Gasteiger partial charge is 0.339 e. The van der Waals surface area contributed by atoms with Crippen molar-refractivity contribution < 1.29 is 4.52 Å². The summed E-state index contributed by atoms with van der Waals surface area (Å²) >= 11 is 1.98. The lowest BCUT2D eigenvalue weighted by Gasteiger charge is -2.19. The molecular weight excluding hydrogens is 258 g/mol. The van der Waals surface area contributed by atoms with Crippen LogP contribution in [0.1, 0.15) is 58.2 Å². The van der Waals surface area contributed by atoms with Crippen molar-refractivity contribution in [2.45, 2.75) is 69.4 Å². The van der Waals surface area contributed by atoms with Gasteiger partial charge in [-0.15, -0.1) is 0 Å². The molecule has 1 saturated carbocycles. The standard InChI is InChI=1S/C14H25N3OS/c1-14(2,3)15-9-8-13-16-12(17-18-13)10-19-11-6-4-5-7-11/h11,15H,4-10H2,1-3H3. The van der Waals surface area contributed by atoms with Crippen molar-refractivity contribution in [1.82, 2.24) is 15.5 Å². The van der Waals surface area contributed by atoms with Crippen molar-refractivity contribution in [3.63, 3.8) is 0 Å². The Hall–Kier alpha value is -0.550. The number of nitrogens with zero attached hydrogens (tertiary/aromatic N) is 2. The van der Waals surface area contributed by atoms with E-state index < -0.39 is 0 Å². The van der Waals surface area contributed by atoms with Gasteiger partial charge in [0.05, 0.1) is 5.75 Å². The normalized spacial score (nSPS) is 17.2. The van der Waals surface area contributed by atoms with E-state index in [1.165, 1.54) is 25.7 Å². The van der Waals surface area contributed by atoms with Crippen LogP contribution in [-0.4, -0.2) is 27.5 Å². The van der Waals surface area contributed by atoms with Gasteiger partial charge in [0.15, 0.2) is 5.82 Å². The predicted molar refractivity (Wildman–Crippen MR) is 79.3 cm³/mol. The summed E-state index contributed by atoms with van der Waals surface area (Å²) in [4.78, 5) is 4.45. The molecule has 1 aliphatic carbocycles. The zero-order valence-corrected chi connectivity index (χ0v) is 13.1. The van der Waals surface area contributed by atoms with Gasteiger partial charge in [0.2, 0.25) is 5.89 Å². The van der Waals surface area contributed by atoms with E-state index in [2.05, 4.69) is 36.2 Å². The summed E-state index contributed by atoms with van der Waals surface area (Å²) in [5, 5.41) is 8.29. The maximum Gasteiger partial charge on any atom is 0.227 e. The first kappa shape index (κ1) is 14.9. The molecule has 0 aliphatic heterocycles. The second-order valence-corrected chi connectivity index (χ2v) is 7.54. The minimum Gasteiger partial charge on any atom is -0.339 e. The Bertz CT molecular complexity index is 380. The third-order valence-electron chi connectivity index (χ3n) is 3.25. The molecule has 1 fully saturated rings. The Kier molecular flexibility index (Phi) is 5.28. The molecule has 1 aromatic rings. The van der Waals surface area contributed by atoms with E-state index >= 15 is 0 Å². The highest BCUT2D eigenvalue weighted by molar-refractivity contribution is 7.99. The molecule has 0 amide bonds. The van der Waals surface area contributed by atoms with Gasteiger partial charge in [-0.05, 0) is 33.6 Å². The maximum atomic E-state index is 5.28. The van der Waals surface area contributed by atoms with Crippen molar-refractivity contribution in [3.8, 4) is 0 Å². The molecule has 1 aromatic heterocycles. The van der Waals surface area contributed by atoms with E-state index in [4.69, 9.17) is 4.52 Å². The highest BCUT2D eigenvalue weighted by atomic mass is 32.2. The Morgan fingerprint density at radius 1 is 1.32 bits per heavy atom. The molecular formula is C14H25N3OS. The van der Waals surface area contributed by atoms with Crippen LogP contribution >= 0.6 is 11.8 Å². The second kappa shape index (κ2) is 6.75. The molecule has 19 heavy (non-hydrogen) atoms. The molecule has 1 N–H and O–H groups in total. The molecule has 5 heteroatoms. The fourth-order valence-electron chi connectivity index (χ4n) is 2.24. The van der Waals surface area contributed by atoms with Crippen molar-refractivity contribution in [3.05, 3.63) is 11.7 Å². The van der Waals surface area contributed by atoms with Gasteiger partial charge in [-0.3, -0.25) is 0 Å². The first-order valence-corrected chi connectivity index (χ1v) is 8.26. The van der Waals surface area contributed by atoms with Crippen LogP contribution in [-0.2, 0) is 12.2 Å². The summed E-state index contributed by atoms with van der Waals surface area (Å²) in [7, 11) is 0. The minimum atomic E-state index is 0.140. The lowest BCUT2D eigenvalue weighted by Crippen LogP contribution is -2.37. The number of hydrogen-bond donors (Lipinski definition) is 1. The van der Waals surface area contributed by atoms with Crippen LogP contribution in [0.3, 0.4) is 0 Å². The van der Waals surface area contributed by atoms with Crippen LogP contribution < -0.4 is 5.32 Å². The van der Waals surface area contributed by atoms with Crippen LogP contribution in [0.2, 0.25) is 0 Å². The Morgan fingerprint density at radius 2 is 2.05 bits per heavy atom. The minimum absolute atomic E-state index is 0.140. The summed E-state index contributed by atoms with van der Waals surface area (Å²) in [5.74, 6) is 2.49. The number of aromatic nitrogens is 2. The van der Waals surface area contributed by atoms with E-state index in [1.807, 2.05) is 11.8 Å². The Balaban J connectivity index is 1.69. The molecule has 108 valence electrons. The average Bonchev–Trinajstić information content (AvgIpc) is 2.94. The quantitative estimate of drug-likeness (QED) is 0.869. The zero-order chi connectivity index (χ0) is 13.7. The van der Waals surface area contributed by atoms with Crippen molar-refractivity contribution in [1.29, 1.82) is 0 Å². The molecule has 0 aromatic carbocycles. The van der Waals surface area contributed by atoms with Gasteiger partial charge < -0.3 is 9.84 Å². The monoisotopic (exact) mass is 283 g/mol. The summed E-state index contributed by atoms with van der Waals surface area (Å²) in [6.45, 7) is 7.35. The van der Waals surface area contributed by atoms with Gasteiger partial charge >= 0.3 is 0 Å². The Labute approximate surface area is 120 Å². The lowest BCUT2D eigenvalue weighted by atomic mass is 10.1. The van der Waals surface area contributed by atoms with E-state index in [0.29, 0.717) is 0 Å². The fraction of sp³-hybridized carbons (Fsp3) is 0.857. The van der Waals surface area contributed by atoms with Crippen molar-refractivity contribution in [2.24, 2.45) is 0 Å². The number of thioether (sulfide) groups is 1. The van der Waals surface area contributed by atoms with E-state index in [-0.39, 0.29) is 5.54 Å². The maximum absolute atomic E-state index is 5.28. The summed E-state index contributed by atoms with van der Waals surface area (Å²) in [6, 6.07) is 0. The van der Waals surface area contributed by atoms with Crippen LogP contribution in [0.5, 0.6) is 0 Å². The SMILES string of the molecule is CC(C)(C)NCCc1nc(CSC2CCCC2)no1. The molecule has 0 saturated heterocycles. The number of hydrogen-bond acceptors (Lipinski definition) is 5. The number of rotatable bonds is 6. The summed E-state index contributed by atoms with van der Waals surface area (Å²) in [5.41, 5.74) is 0.140. The molecule has 0 atom stereocenters. The Morgan fingerprint density at radius 3 is 2.74 bits per heavy atom. The van der Waals surface area contributed by atoms with Crippen molar-refractivity contribution in [2.75, 3.05) is 6.54 Å². The third-order valence-corrected chi connectivity index (χ3v) is 4.62. The van der Waals surface area contributed by atoms with Gasteiger partial charge in [-0.2, -0.15) is 16.7 Å². The first-order chi connectivity index (χ1) is 9.03. The number of nitrogens with one attached hydrogen (secondary N) is 1. The van der Waals surface area contributed by atoms with Crippen LogP contribution in [0.4, 0.5) is 0 Å². The van der Waals surface area contributed by atoms with Crippen LogP contribution in [0.25, 0.3) is 0 Å². The summed E-state index contributed by atoms with van der Waals surface area (Å²) in [6.07, 6.45) is 6.27. The fourth-order valence-corrected chi connectivity index (χ4v) is 3.41. The molecule has 4 nitrogen and oxygen atoms in total. The smallest absolute Gasteiger partial charge is 0.227 e. The van der Waals surface area contributed by atoms with Gasteiger partial charge in [0.25, 0.3) is 0 Å².